The van der Waals surface area contributed by atoms with E-state index in [0.717, 1.165) is 27.8 Å². The molecule has 4 rings (SSSR count). The maximum Gasteiger partial charge on any atom is 0.338 e. The third-order valence-electron chi connectivity index (χ3n) is 6.21. The molecule has 2 unspecified atom stereocenters. The van der Waals surface area contributed by atoms with Gasteiger partial charge in [0.2, 0.25) is 5.91 Å². The molecule has 1 aromatic heterocycles. The molecule has 0 spiro atoms. The Morgan fingerprint density at radius 1 is 1.11 bits per heavy atom. The number of carbonyl (C=O) groups is 2. The summed E-state index contributed by atoms with van der Waals surface area (Å²) in [6, 6.07) is 14.8. The predicted molar refractivity (Wildman–Crippen MR) is 131 cm³/mol. The molecule has 1 aliphatic rings. The zero-order chi connectivity index (χ0) is 25.3. The van der Waals surface area contributed by atoms with E-state index < -0.39 is 30.1 Å². The first-order valence-electron chi connectivity index (χ1n) is 11.3. The number of amides is 1. The van der Waals surface area contributed by atoms with Crippen LogP contribution in [0.4, 0.5) is 20.3 Å². The van der Waals surface area contributed by atoms with E-state index in [4.69, 9.17) is 4.74 Å². The van der Waals surface area contributed by atoms with Crippen LogP contribution in [0.15, 0.2) is 54.7 Å². The van der Waals surface area contributed by atoms with E-state index in [-0.39, 0.29) is 6.04 Å². The average molecular weight is 480 g/mol. The zero-order valence-electron chi connectivity index (χ0n) is 20.0. The number of halogens is 2. The summed E-state index contributed by atoms with van der Waals surface area (Å²) in [7, 11) is 1.36. The quantitative estimate of drug-likeness (QED) is 0.411. The van der Waals surface area contributed by atoms with Crippen molar-refractivity contribution in [3.8, 4) is 11.1 Å². The van der Waals surface area contributed by atoms with Gasteiger partial charge in [-0.1, -0.05) is 42.0 Å². The summed E-state index contributed by atoms with van der Waals surface area (Å²) >= 11 is 0. The number of hydrogen-bond acceptors (Lipinski definition) is 5. The number of aryl methyl sites for hydroxylation is 2. The number of nitrogens with zero attached hydrogens (tertiary/aromatic N) is 1. The van der Waals surface area contributed by atoms with Crippen molar-refractivity contribution in [1.29, 1.82) is 0 Å². The second-order valence-corrected chi connectivity index (χ2v) is 8.89. The van der Waals surface area contributed by atoms with Crippen LogP contribution in [0.25, 0.3) is 11.1 Å². The minimum atomic E-state index is -2.94. The minimum Gasteiger partial charge on any atom is -0.465 e. The van der Waals surface area contributed by atoms with Gasteiger partial charge in [-0.15, -0.1) is 0 Å². The van der Waals surface area contributed by atoms with Crippen LogP contribution < -0.4 is 10.6 Å². The highest BCUT2D eigenvalue weighted by Crippen LogP contribution is 2.49. The lowest BCUT2D eigenvalue weighted by Crippen LogP contribution is -2.20. The van der Waals surface area contributed by atoms with Crippen LogP contribution in [0.3, 0.4) is 0 Å². The van der Waals surface area contributed by atoms with Gasteiger partial charge in [0.05, 0.1) is 24.4 Å². The Bertz CT molecular complexity index is 1280. The smallest absolute Gasteiger partial charge is 0.338 e. The molecule has 1 fully saturated rings. The number of anilines is 2. The summed E-state index contributed by atoms with van der Waals surface area (Å²) < 4.78 is 31.6. The highest BCUT2D eigenvalue weighted by Gasteiger charge is 2.61. The molecule has 0 radical (unpaired) electrons. The number of benzene rings is 2. The lowest BCUT2D eigenvalue weighted by Gasteiger charge is -2.20. The minimum absolute atomic E-state index is 0.200. The number of alkyl halides is 2. The lowest BCUT2D eigenvalue weighted by molar-refractivity contribution is -0.119. The molecule has 3 aromatic rings. The number of aromatic nitrogens is 1. The van der Waals surface area contributed by atoms with Crippen molar-refractivity contribution < 1.29 is 23.1 Å². The van der Waals surface area contributed by atoms with E-state index in [1.807, 2.05) is 50.2 Å². The van der Waals surface area contributed by atoms with E-state index in [2.05, 4.69) is 15.6 Å². The fourth-order valence-electron chi connectivity index (χ4n) is 3.96. The van der Waals surface area contributed by atoms with E-state index in [1.54, 1.807) is 25.3 Å². The lowest BCUT2D eigenvalue weighted by atomic mass is 9.96. The van der Waals surface area contributed by atoms with Crippen LogP contribution in [0.1, 0.15) is 46.4 Å². The molecule has 2 atom stereocenters. The van der Waals surface area contributed by atoms with Gasteiger partial charge >= 0.3 is 5.97 Å². The average Bonchev–Trinajstić information content (AvgIpc) is 3.48. The van der Waals surface area contributed by atoms with Crippen molar-refractivity contribution in [2.45, 2.75) is 39.2 Å². The number of nitrogens with one attached hydrogen (secondary N) is 2. The van der Waals surface area contributed by atoms with Gasteiger partial charge in [-0.25, -0.2) is 18.6 Å². The monoisotopic (exact) mass is 479 g/mol. The fraction of sp³-hybridized carbons (Fsp3) is 0.296. The molecule has 1 amide bonds. The molecule has 2 N–H and O–H groups in total. The van der Waals surface area contributed by atoms with Gasteiger partial charge < -0.3 is 15.4 Å². The van der Waals surface area contributed by atoms with Gasteiger partial charge in [0, 0.05) is 12.6 Å². The number of hydrogen-bond donors (Lipinski definition) is 2. The van der Waals surface area contributed by atoms with Gasteiger partial charge in [0.25, 0.3) is 5.92 Å². The Morgan fingerprint density at radius 2 is 1.80 bits per heavy atom. The second-order valence-electron chi connectivity index (χ2n) is 8.89. The summed E-state index contributed by atoms with van der Waals surface area (Å²) in [6.07, 6.45) is 1.17. The van der Waals surface area contributed by atoms with Gasteiger partial charge in [-0.3, -0.25) is 4.79 Å². The molecule has 2 aromatic carbocycles. The van der Waals surface area contributed by atoms with Gasteiger partial charge in [0.1, 0.15) is 5.92 Å². The first kappa shape index (κ1) is 24.3. The largest absolute Gasteiger partial charge is 0.465 e. The van der Waals surface area contributed by atoms with Crippen LogP contribution in [0.2, 0.25) is 0 Å². The number of rotatable bonds is 7. The summed E-state index contributed by atoms with van der Waals surface area (Å²) in [5.74, 6) is -4.93. The van der Waals surface area contributed by atoms with Crippen molar-refractivity contribution in [3.05, 3.63) is 77.0 Å². The Hall–Kier alpha value is -3.81. The molecule has 0 saturated heterocycles. The molecule has 0 bridgehead atoms. The third-order valence-corrected chi connectivity index (χ3v) is 6.21. The second kappa shape index (κ2) is 9.44. The van der Waals surface area contributed by atoms with Gasteiger partial charge in [-0.2, -0.15) is 0 Å². The molecule has 0 aliphatic heterocycles. The summed E-state index contributed by atoms with van der Waals surface area (Å²) in [5.41, 5.74) is 5.22. The Morgan fingerprint density at radius 3 is 2.43 bits per heavy atom. The normalized spacial score (nSPS) is 16.8. The van der Waals surface area contributed by atoms with Gasteiger partial charge in [-0.05, 0) is 55.2 Å². The van der Waals surface area contributed by atoms with Crippen molar-refractivity contribution in [2.24, 2.45) is 5.92 Å². The van der Waals surface area contributed by atoms with Crippen molar-refractivity contribution in [2.75, 3.05) is 17.7 Å². The predicted octanol–water partition coefficient (Wildman–Crippen LogP) is 5.92. The molecular formula is C27H27F2N3O3. The third kappa shape index (κ3) is 5.16. The molecule has 6 nitrogen and oxygen atoms in total. The van der Waals surface area contributed by atoms with Crippen LogP contribution in [0.5, 0.6) is 0 Å². The van der Waals surface area contributed by atoms with Crippen molar-refractivity contribution in [1.82, 2.24) is 4.98 Å². The summed E-state index contributed by atoms with van der Waals surface area (Å²) in [5, 5.41) is 5.90. The molecule has 182 valence electrons. The fourth-order valence-corrected chi connectivity index (χ4v) is 3.96. The van der Waals surface area contributed by atoms with Crippen molar-refractivity contribution in [3.63, 3.8) is 0 Å². The number of pyridine rings is 1. The summed E-state index contributed by atoms with van der Waals surface area (Å²) in [6.45, 7) is 5.68. The number of methoxy groups -OCH3 is 1. The maximum atomic E-state index is 13.3. The molecule has 8 heteroatoms. The first-order chi connectivity index (χ1) is 16.6. The SMILES string of the molecule is COC(=O)c1ccc(C)cc1-c1ccc(C(C)Nc2nccc(C)c2NC(=O)C2CC2(F)F)cc1. The number of ether oxygens (including phenoxy) is 1. The van der Waals surface area contributed by atoms with E-state index in [0.29, 0.717) is 17.1 Å². The highest BCUT2D eigenvalue weighted by atomic mass is 19.3. The van der Waals surface area contributed by atoms with Crippen LogP contribution in [-0.4, -0.2) is 29.9 Å². The van der Waals surface area contributed by atoms with E-state index in [9.17, 15) is 18.4 Å². The molecular weight excluding hydrogens is 452 g/mol. The Labute approximate surface area is 202 Å². The molecule has 1 aliphatic carbocycles. The van der Waals surface area contributed by atoms with Gasteiger partial charge in [0.15, 0.2) is 5.82 Å². The van der Waals surface area contributed by atoms with Crippen LogP contribution in [0, 0.1) is 19.8 Å². The highest BCUT2D eigenvalue weighted by molar-refractivity contribution is 5.98. The number of carbonyl (C=O) groups excluding carboxylic acids is 2. The Kier molecular flexibility index (Phi) is 6.56. The van der Waals surface area contributed by atoms with E-state index in [1.165, 1.54) is 7.11 Å². The molecule has 1 heterocycles. The maximum absolute atomic E-state index is 13.3. The Balaban J connectivity index is 1.54. The van der Waals surface area contributed by atoms with Crippen molar-refractivity contribution >= 4 is 23.4 Å². The van der Waals surface area contributed by atoms with Crippen LogP contribution in [-0.2, 0) is 9.53 Å². The van der Waals surface area contributed by atoms with Crippen LogP contribution >= 0.6 is 0 Å². The zero-order valence-corrected chi connectivity index (χ0v) is 20.0. The number of esters is 1. The van der Waals surface area contributed by atoms with E-state index >= 15 is 0 Å². The standard InChI is InChI=1S/C27H27F2N3O3/c1-15-5-10-20(26(34)35-4)21(13-15)19-8-6-18(7-9-19)17(3)31-24-23(16(2)11-12-30-24)32-25(33)22-14-27(22,28)29/h5-13,17,22H,14H2,1-4H3,(H,30,31)(H,32,33). The summed E-state index contributed by atoms with van der Waals surface area (Å²) in [4.78, 5) is 28.8. The topological polar surface area (TPSA) is 80.3 Å². The first-order valence-corrected chi connectivity index (χ1v) is 11.3. The molecule has 35 heavy (non-hydrogen) atoms. The molecule has 1 saturated carbocycles.